The summed E-state index contributed by atoms with van der Waals surface area (Å²) in [5.74, 6) is -1.69. The molecule has 5 rings (SSSR count). The molecular formula is C32H12F12N4O2. The number of allylic oxidation sites excluding steroid dienone is 7. The van der Waals surface area contributed by atoms with E-state index in [2.05, 4.69) is 9.47 Å². The lowest BCUT2D eigenvalue weighted by atomic mass is 9.92. The molecule has 256 valence electrons. The number of hydrogen-bond acceptors (Lipinski definition) is 6. The molecule has 0 aliphatic heterocycles. The molecule has 0 unspecified atom stereocenters. The summed E-state index contributed by atoms with van der Waals surface area (Å²) < 4.78 is 167. The van der Waals surface area contributed by atoms with Crippen molar-refractivity contribution in [3.63, 3.8) is 0 Å². The highest BCUT2D eigenvalue weighted by Gasteiger charge is 2.60. The zero-order valence-electron chi connectivity index (χ0n) is 24.2. The SMILES string of the molecule is N#CC(C#N)=C1C2=C(CCC(OC(C(F)(F)F)C(F)(F)F)=C2)c2cc3c(cc21)C(=C(C#N)C#N)c1cc(OC(C(F)(F)F)C(F)(F)F)ccc1-3. The second-order valence-corrected chi connectivity index (χ2v) is 10.8. The van der Waals surface area contributed by atoms with Gasteiger partial charge in [-0.15, -0.1) is 0 Å². The van der Waals surface area contributed by atoms with Gasteiger partial charge >= 0.3 is 24.7 Å². The Kier molecular flexibility index (Phi) is 8.44. The van der Waals surface area contributed by atoms with Crippen molar-refractivity contribution in [3.8, 4) is 41.2 Å². The molecule has 2 aromatic carbocycles. The molecule has 3 aliphatic carbocycles. The monoisotopic (exact) mass is 712 g/mol. The van der Waals surface area contributed by atoms with Gasteiger partial charge < -0.3 is 9.47 Å². The zero-order valence-corrected chi connectivity index (χ0v) is 24.2. The Bertz CT molecular complexity index is 2060. The van der Waals surface area contributed by atoms with Crippen molar-refractivity contribution in [1.29, 1.82) is 21.0 Å². The molecule has 3 aliphatic rings. The minimum atomic E-state index is -5.88. The molecule has 0 radical (unpaired) electrons. The van der Waals surface area contributed by atoms with Crippen molar-refractivity contribution in [2.75, 3.05) is 0 Å². The summed E-state index contributed by atoms with van der Waals surface area (Å²) in [6.45, 7) is 0. The third-order valence-corrected chi connectivity index (χ3v) is 7.75. The van der Waals surface area contributed by atoms with Gasteiger partial charge in [0.1, 0.15) is 41.2 Å². The smallest absolute Gasteiger partial charge is 0.434 e. The van der Waals surface area contributed by atoms with Crippen LogP contribution in [0.15, 0.2) is 58.9 Å². The first-order valence-electron chi connectivity index (χ1n) is 13.6. The van der Waals surface area contributed by atoms with Crippen molar-refractivity contribution in [2.45, 2.75) is 49.8 Å². The standard InChI is InChI=1S/C32H12F12N4O2/c33-29(34,35)27(30(36,37)38)49-15-1-3-17-19-7-20-18-4-2-16(50-28(31(39,40)41)32(42,43)44)6-22(18)26(14(11-47)12-48)24(20)8-23(19)25(21(17)5-15)13(9-45)10-46/h1,3,5-8,27-28H,2,4H2. The predicted molar refractivity (Wildman–Crippen MR) is 145 cm³/mol. The fourth-order valence-corrected chi connectivity index (χ4v) is 5.85. The second-order valence-electron chi connectivity index (χ2n) is 10.8. The van der Waals surface area contributed by atoms with Gasteiger partial charge in [0.2, 0.25) is 0 Å². The van der Waals surface area contributed by atoms with Gasteiger partial charge in [-0.3, -0.25) is 0 Å². The number of rotatable bonds is 4. The van der Waals surface area contributed by atoms with Crippen molar-refractivity contribution in [2.24, 2.45) is 0 Å². The van der Waals surface area contributed by atoms with E-state index in [4.69, 9.17) is 0 Å². The molecule has 50 heavy (non-hydrogen) atoms. The topological polar surface area (TPSA) is 114 Å². The summed E-state index contributed by atoms with van der Waals surface area (Å²) in [5, 5.41) is 38.9. The van der Waals surface area contributed by atoms with Gasteiger partial charge in [-0.25, -0.2) is 0 Å². The molecule has 0 saturated carbocycles. The first kappa shape index (κ1) is 35.4. The Hall–Kier alpha value is -5.88. The van der Waals surface area contributed by atoms with Crippen LogP contribution in [0.3, 0.4) is 0 Å². The average molecular weight is 712 g/mol. The van der Waals surface area contributed by atoms with Crippen LogP contribution in [0.25, 0.3) is 27.8 Å². The summed E-state index contributed by atoms with van der Waals surface area (Å²) in [7, 11) is 0. The predicted octanol–water partition coefficient (Wildman–Crippen LogP) is 9.14. The van der Waals surface area contributed by atoms with Crippen molar-refractivity contribution in [3.05, 3.63) is 81.1 Å². The first-order chi connectivity index (χ1) is 23.1. The third-order valence-electron chi connectivity index (χ3n) is 7.75. The molecule has 2 aromatic rings. The molecule has 0 fully saturated rings. The van der Waals surface area contributed by atoms with Gasteiger partial charge in [0, 0.05) is 17.6 Å². The van der Waals surface area contributed by atoms with Crippen LogP contribution < -0.4 is 4.74 Å². The Morgan fingerprint density at radius 3 is 1.52 bits per heavy atom. The van der Waals surface area contributed by atoms with E-state index in [9.17, 15) is 73.7 Å². The first-order valence-corrected chi connectivity index (χ1v) is 13.6. The van der Waals surface area contributed by atoms with Crippen LogP contribution in [0.5, 0.6) is 5.75 Å². The number of nitrogens with zero attached hydrogens (tertiary/aromatic N) is 4. The lowest BCUT2D eigenvalue weighted by molar-refractivity contribution is -0.313. The van der Waals surface area contributed by atoms with Gasteiger partial charge in [-0.1, -0.05) is 6.07 Å². The van der Waals surface area contributed by atoms with Crippen LogP contribution in [0.1, 0.15) is 35.1 Å². The fraction of sp³-hybridized carbons (Fsp3) is 0.250. The van der Waals surface area contributed by atoms with Crippen molar-refractivity contribution >= 4 is 16.7 Å². The Morgan fingerprint density at radius 2 is 1.00 bits per heavy atom. The minimum Gasteiger partial charge on any atom is -0.476 e. The summed E-state index contributed by atoms with van der Waals surface area (Å²) in [4.78, 5) is 0. The minimum absolute atomic E-state index is 0.0127. The second kappa shape index (κ2) is 11.9. The Balaban J connectivity index is 1.71. The quantitative estimate of drug-likeness (QED) is 0.197. The maximum absolute atomic E-state index is 13.2. The molecule has 18 heteroatoms. The number of ether oxygens (including phenoxy) is 2. The molecule has 0 aromatic heterocycles. The van der Waals surface area contributed by atoms with E-state index in [1.807, 2.05) is 0 Å². The van der Waals surface area contributed by atoms with Gasteiger partial charge in [0.05, 0.1) is 5.76 Å². The van der Waals surface area contributed by atoms with Gasteiger partial charge in [-0.05, 0) is 81.3 Å². The summed E-state index contributed by atoms with van der Waals surface area (Å²) in [6, 6.07) is 11.6. The van der Waals surface area contributed by atoms with Gasteiger partial charge in [0.25, 0.3) is 12.2 Å². The maximum atomic E-state index is 13.2. The summed E-state index contributed by atoms with van der Waals surface area (Å²) >= 11 is 0. The van der Waals surface area contributed by atoms with Crippen molar-refractivity contribution in [1.82, 2.24) is 0 Å². The van der Waals surface area contributed by atoms with E-state index in [0.29, 0.717) is 0 Å². The van der Waals surface area contributed by atoms with E-state index in [-0.39, 0.29) is 62.1 Å². The van der Waals surface area contributed by atoms with E-state index < -0.39 is 66.0 Å². The van der Waals surface area contributed by atoms with Crippen LogP contribution in [0.2, 0.25) is 0 Å². The molecule has 0 spiro atoms. The summed E-state index contributed by atoms with van der Waals surface area (Å²) in [6.07, 6.45) is -31.8. The molecule has 0 amide bonds. The molecule has 0 heterocycles. The molecule has 0 N–H and O–H groups in total. The zero-order chi connectivity index (χ0) is 37.1. The lowest BCUT2D eigenvalue weighted by Gasteiger charge is -2.27. The molecule has 0 bridgehead atoms. The van der Waals surface area contributed by atoms with Gasteiger partial charge in [-0.2, -0.15) is 73.7 Å². The highest BCUT2D eigenvalue weighted by atomic mass is 19.4. The highest BCUT2D eigenvalue weighted by molar-refractivity contribution is 6.11. The number of alkyl halides is 12. The van der Waals surface area contributed by atoms with Crippen LogP contribution in [-0.4, -0.2) is 36.9 Å². The van der Waals surface area contributed by atoms with Crippen LogP contribution >= 0.6 is 0 Å². The molecule has 0 atom stereocenters. The normalized spacial score (nSPS) is 15.3. The van der Waals surface area contributed by atoms with Crippen LogP contribution in [0.4, 0.5) is 52.7 Å². The fourth-order valence-electron chi connectivity index (χ4n) is 5.85. The highest BCUT2D eigenvalue weighted by Crippen LogP contribution is 2.55. The lowest BCUT2D eigenvalue weighted by Crippen LogP contribution is -2.46. The largest absolute Gasteiger partial charge is 0.476 e. The number of nitriles is 4. The number of benzene rings is 2. The van der Waals surface area contributed by atoms with Crippen LogP contribution in [-0.2, 0) is 4.74 Å². The van der Waals surface area contributed by atoms with E-state index in [1.54, 1.807) is 24.3 Å². The van der Waals surface area contributed by atoms with E-state index in [0.717, 1.165) is 24.3 Å². The Labute approximate surface area is 272 Å². The average Bonchev–Trinajstić information content (AvgIpc) is 3.48. The van der Waals surface area contributed by atoms with E-state index in [1.165, 1.54) is 12.1 Å². The van der Waals surface area contributed by atoms with E-state index >= 15 is 0 Å². The Morgan fingerprint density at radius 1 is 0.540 bits per heavy atom. The van der Waals surface area contributed by atoms with Crippen LogP contribution in [0, 0.1) is 45.3 Å². The maximum Gasteiger partial charge on any atom is 0.434 e. The third kappa shape index (κ3) is 6.09. The van der Waals surface area contributed by atoms with Gasteiger partial charge in [0.15, 0.2) is 0 Å². The number of halogens is 12. The molecule has 0 saturated heterocycles. The molecule has 6 nitrogen and oxygen atoms in total. The molecular weight excluding hydrogens is 700 g/mol. The van der Waals surface area contributed by atoms with Crippen molar-refractivity contribution < 1.29 is 62.2 Å². The summed E-state index contributed by atoms with van der Waals surface area (Å²) in [5.41, 5.74) is -1.40. The number of fused-ring (bicyclic) bond motifs is 5. The number of hydrogen-bond donors (Lipinski definition) is 0.